The van der Waals surface area contributed by atoms with Crippen molar-refractivity contribution in [3.05, 3.63) is 45.5 Å². The zero-order valence-electron chi connectivity index (χ0n) is 12.7. The van der Waals surface area contributed by atoms with Crippen molar-refractivity contribution in [3.8, 4) is 0 Å². The third-order valence-corrected chi connectivity index (χ3v) is 4.65. The van der Waals surface area contributed by atoms with E-state index in [-0.39, 0.29) is 18.1 Å². The summed E-state index contributed by atoms with van der Waals surface area (Å²) in [7, 11) is 0. The maximum absolute atomic E-state index is 12.2. The Morgan fingerprint density at radius 2 is 2.09 bits per heavy atom. The van der Waals surface area contributed by atoms with Gasteiger partial charge in [-0.3, -0.25) is 14.1 Å². The molecular weight excluding hydrogens is 318 g/mol. The van der Waals surface area contributed by atoms with Crippen molar-refractivity contribution in [3.63, 3.8) is 0 Å². The normalized spacial score (nSPS) is 18.4. The molecule has 1 atom stereocenters. The molecule has 1 fully saturated rings. The summed E-state index contributed by atoms with van der Waals surface area (Å²) in [6.45, 7) is 2.07. The van der Waals surface area contributed by atoms with Gasteiger partial charge < -0.3 is 10.2 Å². The Bertz CT molecular complexity index is 741. The second-order valence-electron chi connectivity index (χ2n) is 6.02. The average Bonchev–Trinajstić information content (AvgIpc) is 2.55. The van der Waals surface area contributed by atoms with Gasteiger partial charge in [0.1, 0.15) is 5.65 Å². The van der Waals surface area contributed by atoms with Crippen LogP contribution in [0.4, 0.5) is 0 Å². The fraction of sp³-hybridized carbons (Fsp3) is 0.500. The van der Waals surface area contributed by atoms with Crippen LogP contribution >= 0.6 is 11.6 Å². The molecule has 2 aromatic rings. The van der Waals surface area contributed by atoms with E-state index in [4.69, 9.17) is 16.7 Å². The van der Waals surface area contributed by atoms with Crippen LogP contribution in [0.15, 0.2) is 29.2 Å². The van der Waals surface area contributed by atoms with Gasteiger partial charge in [-0.25, -0.2) is 4.98 Å². The summed E-state index contributed by atoms with van der Waals surface area (Å²) in [4.78, 5) is 18.9. The molecule has 1 aliphatic heterocycles. The molecular formula is C16H20ClN3O3. The highest BCUT2D eigenvalue weighted by Crippen LogP contribution is 2.21. The van der Waals surface area contributed by atoms with Gasteiger partial charge in [-0.15, -0.1) is 0 Å². The summed E-state index contributed by atoms with van der Waals surface area (Å²) in [5, 5.41) is 19.2. The summed E-state index contributed by atoms with van der Waals surface area (Å²) in [5.41, 5.74) is 1.18. The van der Waals surface area contributed by atoms with Crippen LogP contribution in [-0.4, -0.2) is 50.3 Å². The Kier molecular flexibility index (Phi) is 4.96. The quantitative estimate of drug-likeness (QED) is 0.867. The summed E-state index contributed by atoms with van der Waals surface area (Å²) < 4.78 is 1.44. The molecule has 2 aromatic heterocycles. The summed E-state index contributed by atoms with van der Waals surface area (Å²) in [6, 6.07) is 4.99. The minimum Gasteiger partial charge on any atom is -0.394 e. The molecule has 23 heavy (non-hydrogen) atoms. The third kappa shape index (κ3) is 3.72. The first-order valence-corrected chi connectivity index (χ1v) is 8.14. The number of aromatic nitrogens is 2. The number of aliphatic hydroxyl groups excluding tert-OH is 2. The zero-order valence-corrected chi connectivity index (χ0v) is 13.5. The van der Waals surface area contributed by atoms with E-state index in [0.717, 1.165) is 31.6 Å². The lowest BCUT2D eigenvalue weighted by atomic mass is 9.91. The van der Waals surface area contributed by atoms with Crippen molar-refractivity contribution < 1.29 is 10.2 Å². The van der Waals surface area contributed by atoms with Crippen molar-refractivity contribution in [2.24, 2.45) is 5.92 Å². The molecule has 0 saturated carbocycles. The lowest BCUT2D eigenvalue weighted by Gasteiger charge is -2.33. The van der Waals surface area contributed by atoms with Crippen molar-refractivity contribution in [2.75, 3.05) is 19.7 Å². The molecule has 0 radical (unpaired) electrons. The number of rotatable bonds is 4. The first-order valence-electron chi connectivity index (χ1n) is 7.76. The molecule has 3 rings (SSSR count). The lowest BCUT2D eigenvalue weighted by Crippen LogP contribution is -2.38. The van der Waals surface area contributed by atoms with E-state index < -0.39 is 6.10 Å². The number of hydrogen-bond acceptors (Lipinski definition) is 5. The van der Waals surface area contributed by atoms with Crippen molar-refractivity contribution >= 4 is 17.2 Å². The van der Waals surface area contributed by atoms with Gasteiger partial charge in [0, 0.05) is 18.8 Å². The molecule has 7 heteroatoms. The Morgan fingerprint density at radius 3 is 2.78 bits per heavy atom. The molecule has 0 bridgehead atoms. The lowest BCUT2D eigenvalue weighted by molar-refractivity contribution is 0.0170. The smallest absolute Gasteiger partial charge is 0.258 e. The zero-order chi connectivity index (χ0) is 16.4. The van der Waals surface area contributed by atoms with Crippen molar-refractivity contribution in [2.45, 2.75) is 25.5 Å². The number of fused-ring (bicyclic) bond motifs is 1. The second-order valence-corrected chi connectivity index (χ2v) is 6.46. The van der Waals surface area contributed by atoms with Crippen LogP contribution in [0.25, 0.3) is 5.65 Å². The van der Waals surface area contributed by atoms with Crippen molar-refractivity contribution in [1.82, 2.24) is 14.3 Å². The van der Waals surface area contributed by atoms with Crippen LogP contribution in [0, 0.1) is 5.92 Å². The van der Waals surface area contributed by atoms with Gasteiger partial charge in [0.2, 0.25) is 0 Å². The largest absolute Gasteiger partial charge is 0.394 e. The van der Waals surface area contributed by atoms with E-state index >= 15 is 0 Å². The topological polar surface area (TPSA) is 78.1 Å². The summed E-state index contributed by atoms with van der Waals surface area (Å²) >= 11 is 5.90. The molecule has 0 spiro atoms. The van der Waals surface area contributed by atoms with Gasteiger partial charge in [0.05, 0.1) is 23.4 Å². The molecule has 6 nitrogen and oxygen atoms in total. The van der Waals surface area contributed by atoms with Crippen LogP contribution in [-0.2, 0) is 6.54 Å². The Hall–Kier alpha value is -1.47. The number of nitrogens with zero attached hydrogens (tertiary/aromatic N) is 3. The van der Waals surface area contributed by atoms with E-state index in [1.807, 2.05) is 0 Å². The molecule has 1 unspecified atom stereocenters. The minimum atomic E-state index is -0.634. The van der Waals surface area contributed by atoms with E-state index in [9.17, 15) is 9.90 Å². The van der Waals surface area contributed by atoms with E-state index in [1.54, 1.807) is 18.3 Å². The predicted octanol–water partition coefficient (Wildman–Crippen LogP) is 0.913. The number of aliphatic hydroxyl groups is 2. The number of pyridine rings is 1. The summed E-state index contributed by atoms with van der Waals surface area (Å²) in [5.74, 6) is 0.147. The highest BCUT2D eigenvalue weighted by Gasteiger charge is 2.24. The third-order valence-electron chi connectivity index (χ3n) is 4.43. The van der Waals surface area contributed by atoms with Gasteiger partial charge >= 0.3 is 0 Å². The Morgan fingerprint density at radius 1 is 1.35 bits per heavy atom. The Labute approximate surface area is 139 Å². The minimum absolute atomic E-state index is 0.141. The maximum atomic E-state index is 12.2. The molecule has 0 aromatic carbocycles. The SMILES string of the molecule is O=c1cc(CN2CCC(C(O)CO)CC2)nc2ccc(Cl)cn12. The highest BCUT2D eigenvalue weighted by molar-refractivity contribution is 6.30. The molecule has 0 aliphatic carbocycles. The first kappa shape index (κ1) is 16.4. The van der Waals surface area contributed by atoms with Gasteiger partial charge in [0.15, 0.2) is 0 Å². The van der Waals surface area contributed by atoms with Crippen LogP contribution in [0.3, 0.4) is 0 Å². The van der Waals surface area contributed by atoms with E-state index in [2.05, 4.69) is 9.88 Å². The van der Waals surface area contributed by atoms with Crippen LogP contribution in [0.5, 0.6) is 0 Å². The van der Waals surface area contributed by atoms with Gasteiger partial charge in [0.25, 0.3) is 5.56 Å². The maximum Gasteiger partial charge on any atom is 0.258 e. The molecule has 1 aliphatic rings. The van der Waals surface area contributed by atoms with E-state index in [1.165, 1.54) is 10.5 Å². The van der Waals surface area contributed by atoms with Gasteiger partial charge in [-0.2, -0.15) is 0 Å². The standard InChI is InChI=1S/C16H20ClN3O3/c17-12-1-2-15-18-13(7-16(23)20(15)8-12)9-19-5-3-11(4-6-19)14(22)10-21/h1-2,7-8,11,14,21-22H,3-6,9-10H2. The van der Waals surface area contributed by atoms with E-state index in [0.29, 0.717) is 17.2 Å². The monoisotopic (exact) mass is 337 g/mol. The molecule has 1 saturated heterocycles. The number of likely N-dealkylation sites (tertiary alicyclic amines) is 1. The second kappa shape index (κ2) is 6.97. The number of hydrogen-bond donors (Lipinski definition) is 2. The molecule has 0 amide bonds. The highest BCUT2D eigenvalue weighted by atomic mass is 35.5. The van der Waals surface area contributed by atoms with Crippen LogP contribution < -0.4 is 5.56 Å². The average molecular weight is 338 g/mol. The van der Waals surface area contributed by atoms with Gasteiger partial charge in [-0.1, -0.05) is 11.6 Å². The first-order chi connectivity index (χ1) is 11.1. The van der Waals surface area contributed by atoms with Crippen molar-refractivity contribution in [1.29, 1.82) is 0 Å². The Balaban J connectivity index is 1.71. The number of piperidine rings is 1. The predicted molar refractivity (Wildman–Crippen MR) is 87.6 cm³/mol. The van der Waals surface area contributed by atoms with Crippen LogP contribution in [0.1, 0.15) is 18.5 Å². The molecule has 3 heterocycles. The number of halogens is 1. The summed E-state index contributed by atoms with van der Waals surface area (Å²) in [6.07, 6.45) is 2.61. The fourth-order valence-corrected chi connectivity index (χ4v) is 3.24. The fourth-order valence-electron chi connectivity index (χ4n) is 3.08. The molecule has 124 valence electrons. The molecule has 2 N–H and O–H groups in total. The van der Waals surface area contributed by atoms with Gasteiger partial charge in [-0.05, 0) is 44.0 Å². The van der Waals surface area contributed by atoms with Crippen LogP contribution in [0.2, 0.25) is 5.02 Å².